The molecule has 0 atom stereocenters. The fourth-order valence-corrected chi connectivity index (χ4v) is 2.68. The van der Waals surface area contributed by atoms with Gasteiger partial charge in [-0.05, 0) is 48.7 Å². The van der Waals surface area contributed by atoms with Crippen molar-refractivity contribution in [2.24, 2.45) is 0 Å². The molecule has 0 fully saturated rings. The fraction of sp³-hybridized carbons (Fsp3) is 0.176. The molecule has 0 bridgehead atoms. The molecule has 0 radical (unpaired) electrons. The van der Waals surface area contributed by atoms with E-state index >= 15 is 0 Å². The number of aryl methyl sites for hydroxylation is 2. The molecule has 106 valence electrons. The Balaban J connectivity index is 2.06. The second kappa shape index (κ2) is 4.81. The molecule has 1 aliphatic rings. The van der Waals surface area contributed by atoms with E-state index in [2.05, 4.69) is 0 Å². The molecule has 0 saturated carbocycles. The molecule has 2 aromatic carbocycles. The highest BCUT2D eigenvalue weighted by Crippen LogP contribution is 2.32. The quantitative estimate of drug-likeness (QED) is 0.794. The lowest BCUT2D eigenvalue weighted by Crippen LogP contribution is -2.29. The third-order valence-electron chi connectivity index (χ3n) is 3.90. The summed E-state index contributed by atoms with van der Waals surface area (Å²) < 4.78 is 13.4. The summed E-state index contributed by atoms with van der Waals surface area (Å²) in [5, 5.41) is 0. The molecule has 0 spiro atoms. The molecule has 0 aromatic heterocycles. The standard InChI is InChI=1S/C17H14FNO2/c1-10-4-3-5-11(2)14(10)9-19-15-8-12(18)6-7-13(15)16(20)17(19)21/h3-8H,9H2,1-2H3. The first kappa shape index (κ1) is 13.5. The molecule has 3 rings (SSSR count). The summed E-state index contributed by atoms with van der Waals surface area (Å²) in [4.78, 5) is 25.5. The third kappa shape index (κ3) is 2.13. The number of nitrogens with zero attached hydrogens (tertiary/aromatic N) is 1. The van der Waals surface area contributed by atoms with E-state index in [1.54, 1.807) is 0 Å². The molecule has 1 aliphatic heterocycles. The number of carbonyl (C=O) groups is 2. The van der Waals surface area contributed by atoms with Crippen molar-refractivity contribution in [1.29, 1.82) is 0 Å². The fourth-order valence-electron chi connectivity index (χ4n) is 2.68. The van der Waals surface area contributed by atoms with E-state index in [1.165, 1.54) is 23.1 Å². The summed E-state index contributed by atoms with van der Waals surface area (Å²) >= 11 is 0. The van der Waals surface area contributed by atoms with Gasteiger partial charge in [0.05, 0.1) is 17.8 Å². The highest BCUT2D eigenvalue weighted by Gasteiger charge is 2.36. The van der Waals surface area contributed by atoms with Crippen LogP contribution in [0.15, 0.2) is 36.4 Å². The van der Waals surface area contributed by atoms with E-state index in [1.807, 2.05) is 32.0 Å². The molecular formula is C17H14FNO2. The number of carbonyl (C=O) groups excluding carboxylic acids is 2. The molecule has 2 aromatic rings. The average Bonchev–Trinajstić information content (AvgIpc) is 2.67. The average molecular weight is 283 g/mol. The first-order chi connectivity index (χ1) is 9.99. The van der Waals surface area contributed by atoms with Gasteiger partial charge in [-0.25, -0.2) is 4.39 Å². The molecule has 0 saturated heterocycles. The monoisotopic (exact) mass is 283 g/mol. The van der Waals surface area contributed by atoms with Crippen molar-refractivity contribution in [2.75, 3.05) is 4.90 Å². The minimum absolute atomic E-state index is 0.271. The summed E-state index contributed by atoms with van der Waals surface area (Å²) in [6, 6.07) is 9.67. The minimum atomic E-state index is -0.599. The van der Waals surface area contributed by atoms with E-state index in [9.17, 15) is 14.0 Å². The smallest absolute Gasteiger partial charge is 0.299 e. The predicted octanol–water partition coefficient (Wildman–Crippen LogP) is 3.17. The number of halogens is 1. The highest BCUT2D eigenvalue weighted by molar-refractivity contribution is 6.52. The van der Waals surface area contributed by atoms with Crippen LogP contribution < -0.4 is 4.90 Å². The van der Waals surface area contributed by atoms with E-state index in [4.69, 9.17) is 0 Å². The second-order valence-electron chi connectivity index (χ2n) is 5.25. The van der Waals surface area contributed by atoms with Gasteiger partial charge in [0, 0.05) is 0 Å². The summed E-state index contributed by atoms with van der Waals surface area (Å²) in [7, 11) is 0. The Bertz CT molecular complexity index is 747. The van der Waals surface area contributed by atoms with Crippen molar-refractivity contribution >= 4 is 17.4 Å². The number of rotatable bonds is 2. The van der Waals surface area contributed by atoms with Gasteiger partial charge in [0.2, 0.25) is 0 Å². The number of fused-ring (bicyclic) bond motifs is 1. The summed E-state index contributed by atoms with van der Waals surface area (Å²) in [5.74, 6) is -1.63. The molecule has 21 heavy (non-hydrogen) atoms. The van der Waals surface area contributed by atoms with Gasteiger partial charge in [0.25, 0.3) is 11.7 Å². The Morgan fingerprint density at radius 1 is 1.05 bits per heavy atom. The van der Waals surface area contributed by atoms with Crippen LogP contribution in [0, 0.1) is 19.7 Å². The summed E-state index contributed by atoms with van der Waals surface area (Å²) in [6.07, 6.45) is 0. The lowest BCUT2D eigenvalue weighted by Gasteiger charge is -2.19. The van der Waals surface area contributed by atoms with Crippen LogP contribution >= 0.6 is 0 Å². The van der Waals surface area contributed by atoms with Crippen LogP contribution in [0.1, 0.15) is 27.0 Å². The zero-order chi connectivity index (χ0) is 15.1. The van der Waals surface area contributed by atoms with Gasteiger partial charge < -0.3 is 4.90 Å². The maximum absolute atomic E-state index is 13.4. The Kier molecular flexibility index (Phi) is 3.09. The Labute approximate surface area is 122 Å². The third-order valence-corrected chi connectivity index (χ3v) is 3.90. The number of hydrogen-bond donors (Lipinski definition) is 0. The van der Waals surface area contributed by atoms with Crippen molar-refractivity contribution in [2.45, 2.75) is 20.4 Å². The largest absolute Gasteiger partial charge is 0.300 e. The van der Waals surface area contributed by atoms with Crippen molar-refractivity contribution in [3.05, 3.63) is 64.5 Å². The molecule has 1 heterocycles. The van der Waals surface area contributed by atoms with Crippen molar-refractivity contribution < 1.29 is 14.0 Å². The normalized spacial score (nSPS) is 13.8. The number of anilines is 1. The zero-order valence-electron chi connectivity index (χ0n) is 11.8. The molecule has 1 amide bonds. The van der Waals surface area contributed by atoms with Crippen LogP contribution in [0.2, 0.25) is 0 Å². The van der Waals surface area contributed by atoms with Crippen molar-refractivity contribution in [3.63, 3.8) is 0 Å². The van der Waals surface area contributed by atoms with Crippen molar-refractivity contribution in [3.8, 4) is 0 Å². The van der Waals surface area contributed by atoms with Gasteiger partial charge in [-0.15, -0.1) is 0 Å². The van der Waals surface area contributed by atoms with Crippen LogP contribution in [0.25, 0.3) is 0 Å². The first-order valence-electron chi connectivity index (χ1n) is 6.70. The number of benzene rings is 2. The maximum atomic E-state index is 13.4. The molecule has 4 heteroatoms. The Morgan fingerprint density at radius 2 is 1.71 bits per heavy atom. The molecular weight excluding hydrogens is 269 g/mol. The predicted molar refractivity (Wildman–Crippen MR) is 77.8 cm³/mol. The lowest BCUT2D eigenvalue weighted by molar-refractivity contribution is -0.114. The second-order valence-corrected chi connectivity index (χ2v) is 5.25. The van der Waals surface area contributed by atoms with Crippen molar-refractivity contribution in [1.82, 2.24) is 0 Å². The maximum Gasteiger partial charge on any atom is 0.299 e. The topological polar surface area (TPSA) is 37.4 Å². The van der Waals surface area contributed by atoms with Crippen LogP contribution in [-0.2, 0) is 11.3 Å². The number of amides is 1. The molecule has 0 N–H and O–H groups in total. The molecule has 0 unspecified atom stereocenters. The molecule has 3 nitrogen and oxygen atoms in total. The highest BCUT2D eigenvalue weighted by atomic mass is 19.1. The van der Waals surface area contributed by atoms with E-state index in [0.717, 1.165) is 16.7 Å². The number of Topliss-reactive ketones (excluding diaryl/α,β-unsaturated/α-hetero) is 1. The van der Waals surface area contributed by atoms with Gasteiger partial charge in [-0.2, -0.15) is 0 Å². The van der Waals surface area contributed by atoms with Gasteiger partial charge in [0.1, 0.15) is 5.82 Å². The lowest BCUT2D eigenvalue weighted by atomic mass is 10.0. The number of ketones is 1. The Morgan fingerprint density at radius 3 is 2.38 bits per heavy atom. The molecule has 0 aliphatic carbocycles. The minimum Gasteiger partial charge on any atom is -0.300 e. The SMILES string of the molecule is Cc1cccc(C)c1CN1C(=O)C(=O)c2ccc(F)cc21. The summed E-state index contributed by atoms with van der Waals surface area (Å²) in [5.41, 5.74) is 3.69. The van der Waals surface area contributed by atoms with Gasteiger partial charge in [-0.3, -0.25) is 9.59 Å². The van der Waals surface area contributed by atoms with Crippen LogP contribution in [-0.4, -0.2) is 11.7 Å². The van der Waals surface area contributed by atoms with Crippen LogP contribution in [0.4, 0.5) is 10.1 Å². The van der Waals surface area contributed by atoms with Crippen LogP contribution in [0.3, 0.4) is 0 Å². The van der Waals surface area contributed by atoms with Gasteiger partial charge in [-0.1, -0.05) is 18.2 Å². The van der Waals surface area contributed by atoms with E-state index in [-0.39, 0.29) is 12.1 Å². The number of hydrogen-bond acceptors (Lipinski definition) is 2. The van der Waals surface area contributed by atoms with Crippen LogP contribution in [0.5, 0.6) is 0 Å². The van der Waals surface area contributed by atoms with Gasteiger partial charge >= 0.3 is 0 Å². The Hall–Kier alpha value is -2.49. The van der Waals surface area contributed by atoms with E-state index in [0.29, 0.717) is 5.69 Å². The van der Waals surface area contributed by atoms with Gasteiger partial charge in [0.15, 0.2) is 0 Å². The first-order valence-corrected chi connectivity index (χ1v) is 6.70. The zero-order valence-corrected chi connectivity index (χ0v) is 11.8. The van der Waals surface area contributed by atoms with E-state index < -0.39 is 17.5 Å². The summed E-state index contributed by atoms with van der Waals surface area (Å²) in [6.45, 7) is 4.19.